The third-order valence-corrected chi connectivity index (χ3v) is 5.20. The summed E-state index contributed by atoms with van der Waals surface area (Å²) in [7, 11) is 0. The van der Waals surface area contributed by atoms with E-state index in [2.05, 4.69) is 16.0 Å². The molecule has 0 fully saturated rings. The number of nitrogens with two attached hydrogens (primary N) is 1. The Morgan fingerprint density at radius 1 is 0.700 bits per heavy atom. The number of aromatic amines is 1. The lowest BCUT2D eigenvalue weighted by atomic mass is 9.97. The topological polar surface area (TPSA) is 95.2 Å². The number of H-pyrrole nitrogens is 1. The van der Waals surface area contributed by atoms with Crippen molar-refractivity contribution in [3.05, 3.63) is 85.1 Å². The molecule has 0 spiro atoms. The predicted molar refractivity (Wildman–Crippen MR) is 120 cm³/mol. The number of aromatic nitrogens is 2. The highest BCUT2D eigenvalue weighted by Gasteiger charge is 2.11. The first-order valence-electron chi connectivity index (χ1n) is 9.55. The van der Waals surface area contributed by atoms with Gasteiger partial charge in [-0.2, -0.15) is 0 Å². The van der Waals surface area contributed by atoms with Gasteiger partial charge in [0, 0.05) is 28.2 Å². The normalized spacial score (nSPS) is 11.1. The Morgan fingerprint density at radius 3 is 2.30 bits per heavy atom. The molecule has 0 saturated carbocycles. The van der Waals surface area contributed by atoms with E-state index in [9.17, 15) is 10.2 Å². The Hall–Kier alpha value is -4.25. The second-order valence-corrected chi connectivity index (χ2v) is 7.22. The van der Waals surface area contributed by atoms with Crippen molar-refractivity contribution in [2.75, 3.05) is 5.73 Å². The molecule has 0 aliphatic carbocycles. The zero-order chi connectivity index (χ0) is 20.7. The molecule has 2 heterocycles. The number of anilines is 1. The van der Waals surface area contributed by atoms with Crippen LogP contribution in [0.2, 0.25) is 0 Å². The van der Waals surface area contributed by atoms with E-state index in [0.717, 1.165) is 38.9 Å². The summed E-state index contributed by atoms with van der Waals surface area (Å²) in [5.41, 5.74) is 12.2. The van der Waals surface area contributed by atoms with Gasteiger partial charge in [0.15, 0.2) is 0 Å². The zero-order valence-corrected chi connectivity index (χ0v) is 16.0. The molecule has 3 aromatic carbocycles. The minimum Gasteiger partial charge on any atom is -0.508 e. The van der Waals surface area contributed by atoms with Crippen molar-refractivity contribution >= 4 is 16.7 Å². The second-order valence-electron chi connectivity index (χ2n) is 7.22. The first-order valence-corrected chi connectivity index (χ1v) is 9.55. The van der Waals surface area contributed by atoms with Crippen molar-refractivity contribution in [1.29, 1.82) is 0 Å². The SMILES string of the molecule is Nc1cc(-c2cc(-c3ccc(O)cc3)ccc2O)cc(-c2ccc3[nH]ccc3c2)n1. The van der Waals surface area contributed by atoms with Crippen molar-refractivity contribution < 1.29 is 10.2 Å². The maximum atomic E-state index is 10.5. The molecular weight excluding hydrogens is 374 g/mol. The van der Waals surface area contributed by atoms with Crippen LogP contribution in [-0.2, 0) is 0 Å². The van der Waals surface area contributed by atoms with E-state index in [-0.39, 0.29) is 11.5 Å². The van der Waals surface area contributed by atoms with Crippen molar-refractivity contribution in [3.8, 4) is 45.0 Å². The average Bonchev–Trinajstić information content (AvgIpc) is 3.22. The summed E-state index contributed by atoms with van der Waals surface area (Å²) in [5, 5.41) is 21.2. The zero-order valence-electron chi connectivity index (χ0n) is 16.0. The Balaban J connectivity index is 1.62. The summed E-state index contributed by atoms with van der Waals surface area (Å²) >= 11 is 0. The number of aromatic hydroxyl groups is 2. The average molecular weight is 393 g/mol. The molecule has 0 aliphatic rings. The van der Waals surface area contributed by atoms with Crippen LogP contribution in [0.15, 0.2) is 85.1 Å². The van der Waals surface area contributed by atoms with Crippen molar-refractivity contribution in [1.82, 2.24) is 9.97 Å². The van der Waals surface area contributed by atoms with Gasteiger partial charge in [-0.1, -0.05) is 24.3 Å². The van der Waals surface area contributed by atoms with Gasteiger partial charge in [-0.15, -0.1) is 0 Å². The monoisotopic (exact) mass is 393 g/mol. The van der Waals surface area contributed by atoms with Gasteiger partial charge in [-0.3, -0.25) is 0 Å². The third kappa shape index (κ3) is 3.22. The summed E-state index contributed by atoms with van der Waals surface area (Å²) < 4.78 is 0. The highest BCUT2D eigenvalue weighted by Crippen LogP contribution is 2.36. The summed E-state index contributed by atoms with van der Waals surface area (Å²) in [6, 6.07) is 24.1. The molecule has 2 aromatic heterocycles. The number of hydrogen-bond donors (Lipinski definition) is 4. The molecule has 0 amide bonds. The number of phenolic OH excluding ortho intramolecular Hbond substituents is 2. The van der Waals surface area contributed by atoms with Gasteiger partial charge in [0.1, 0.15) is 17.3 Å². The lowest BCUT2D eigenvalue weighted by Gasteiger charge is -2.11. The smallest absolute Gasteiger partial charge is 0.124 e. The van der Waals surface area contributed by atoms with Crippen molar-refractivity contribution in [3.63, 3.8) is 0 Å². The summed E-state index contributed by atoms with van der Waals surface area (Å²) in [5.74, 6) is 0.755. The fourth-order valence-electron chi connectivity index (χ4n) is 3.67. The highest BCUT2D eigenvalue weighted by atomic mass is 16.3. The molecule has 5 aromatic rings. The maximum absolute atomic E-state index is 10.5. The van der Waals surface area contributed by atoms with Crippen LogP contribution in [0.1, 0.15) is 0 Å². The lowest BCUT2D eigenvalue weighted by Crippen LogP contribution is -1.94. The molecule has 0 bridgehead atoms. The highest BCUT2D eigenvalue weighted by molar-refractivity contribution is 5.86. The standard InChI is InChI=1S/C25H19N3O2/c26-25-14-19(13-23(28-25)17-3-7-22-18(11-17)9-10-27-22)21-12-16(4-8-24(21)30)15-1-5-20(29)6-2-15/h1-14,27,29-30H,(H2,26,28). The Morgan fingerprint density at radius 2 is 1.47 bits per heavy atom. The number of nitrogens with zero attached hydrogens (tertiary/aromatic N) is 1. The van der Waals surface area contributed by atoms with E-state index in [0.29, 0.717) is 11.4 Å². The summed E-state index contributed by atoms with van der Waals surface area (Å²) in [4.78, 5) is 7.68. The molecule has 0 atom stereocenters. The molecule has 0 aliphatic heterocycles. The molecule has 5 N–H and O–H groups in total. The van der Waals surface area contributed by atoms with Crippen molar-refractivity contribution in [2.45, 2.75) is 0 Å². The summed E-state index contributed by atoms with van der Waals surface area (Å²) in [6.07, 6.45) is 1.90. The van der Waals surface area contributed by atoms with E-state index in [1.54, 1.807) is 24.3 Å². The number of pyridine rings is 1. The van der Waals surface area contributed by atoms with Crippen LogP contribution in [0.4, 0.5) is 5.82 Å². The molecule has 0 saturated heterocycles. The minimum atomic E-state index is 0.162. The van der Waals surface area contributed by atoms with Gasteiger partial charge in [0.05, 0.1) is 5.69 Å². The van der Waals surface area contributed by atoms with E-state index < -0.39 is 0 Å². The van der Waals surface area contributed by atoms with Gasteiger partial charge in [0.25, 0.3) is 0 Å². The van der Waals surface area contributed by atoms with E-state index in [1.165, 1.54) is 0 Å². The number of nitrogens with one attached hydrogen (secondary N) is 1. The van der Waals surface area contributed by atoms with Crippen LogP contribution < -0.4 is 5.73 Å². The minimum absolute atomic E-state index is 0.162. The van der Waals surface area contributed by atoms with Crippen LogP contribution in [0.25, 0.3) is 44.4 Å². The van der Waals surface area contributed by atoms with Gasteiger partial charge in [-0.25, -0.2) is 4.98 Å². The van der Waals surface area contributed by atoms with Gasteiger partial charge in [-0.05, 0) is 71.3 Å². The van der Waals surface area contributed by atoms with Crippen LogP contribution in [-0.4, -0.2) is 20.2 Å². The molecule has 146 valence electrons. The van der Waals surface area contributed by atoms with Gasteiger partial charge < -0.3 is 20.9 Å². The fraction of sp³-hybridized carbons (Fsp3) is 0. The molecule has 30 heavy (non-hydrogen) atoms. The largest absolute Gasteiger partial charge is 0.508 e. The molecule has 5 heteroatoms. The lowest BCUT2D eigenvalue weighted by molar-refractivity contribution is 0.475. The van der Waals surface area contributed by atoms with Gasteiger partial charge >= 0.3 is 0 Å². The van der Waals surface area contributed by atoms with Crippen LogP contribution >= 0.6 is 0 Å². The third-order valence-electron chi connectivity index (χ3n) is 5.20. The van der Waals surface area contributed by atoms with Crippen molar-refractivity contribution in [2.24, 2.45) is 0 Å². The van der Waals surface area contributed by atoms with E-state index in [1.807, 2.05) is 54.7 Å². The van der Waals surface area contributed by atoms with Crippen LogP contribution in [0.3, 0.4) is 0 Å². The number of fused-ring (bicyclic) bond motifs is 1. The fourth-order valence-corrected chi connectivity index (χ4v) is 3.67. The molecule has 5 nitrogen and oxygen atoms in total. The Labute approximate surface area is 173 Å². The molecule has 0 radical (unpaired) electrons. The number of benzene rings is 3. The Bertz CT molecular complexity index is 1370. The van der Waals surface area contributed by atoms with E-state index >= 15 is 0 Å². The first-order chi connectivity index (χ1) is 14.6. The van der Waals surface area contributed by atoms with Gasteiger partial charge in [0.2, 0.25) is 0 Å². The number of hydrogen-bond acceptors (Lipinski definition) is 4. The molecular formula is C25H19N3O2. The summed E-state index contributed by atoms with van der Waals surface area (Å²) in [6.45, 7) is 0. The van der Waals surface area contributed by atoms with Crippen LogP contribution in [0.5, 0.6) is 11.5 Å². The first kappa shape index (κ1) is 17.8. The second kappa shape index (κ2) is 6.97. The number of phenols is 2. The Kier molecular flexibility index (Phi) is 4.14. The van der Waals surface area contributed by atoms with Crippen LogP contribution in [0, 0.1) is 0 Å². The molecule has 0 unspecified atom stereocenters. The quantitative estimate of drug-likeness (QED) is 0.323. The van der Waals surface area contributed by atoms with E-state index in [4.69, 9.17) is 5.73 Å². The molecule has 5 rings (SSSR count). The maximum Gasteiger partial charge on any atom is 0.124 e. The number of nitrogen functional groups attached to an aromatic ring is 1. The number of rotatable bonds is 3. The predicted octanol–water partition coefficient (Wildman–Crippen LogP) is 5.56.